The predicted molar refractivity (Wildman–Crippen MR) is 158 cm³/mol. The van der Waals surface area contributed by atoms with Gasteiger partial charge in [-0.05, 0) is 48.9 Å². The second kappa shape index (κ2) is 15.3. The maximum atomic E-state index is 14.0. The van der Waals surface area contributed by atoms with E-state index in [0.29, 0.717) is 25.9 Å². The van der Waals surface area contributed by atoms with Crippen LogP contribution in [0.15, 0.2) is 79.0 Å². The molecule has 2 aromatic carbocycles. The van der Waals surface area contributed by atoms with Crippen molar-refractivity contribution in [1.82, 2.24) is 14.4 Å². The first-order valence-electron chi connectivity index (χ1n) is 14.9. The van der Waals surface area contributed by atoms with Gasteiger partial charge in [0.15, 0.2) is 0 Å². The number of aryl methyl sites for hydroxylation is 1. The summed E-state index contributed by atoms with van der Waals surface area (Å²) in [4.78, 5) is 31.3. The number of aromatic nitrogens is 1. The summed E-state index contributed by atoms with van der Waals surface area (Å²) >= 11 is 0. The maximum Gasteiger partial charge on any atom is 0.242 e. The Hall–Kier alpha value is -3.34. The summed E-state index contributed by atoms with van der Waals surface area (Å²) in [5.41, 5.74) is 3.55. The molecule has 0 N–H and O–H groups in total. The van der Waals surface area contributed by atoms with E-state index >= 15 is 0 Å². The van der Waals surface area contributed by atoms with Gasteiger partial charge in [0.05, 0.1) is 13.1 Å². The fourth-order valence-corrected chi connectivity index (χ4v) is 5.67. The zero-order valence-electron chi connectivity index (χ0n) is 23.6. The van der Waals surface area contributed by atoms with Crippen LogP contribution in [0.4, 0.5) is 0 Å². The Morgan fingerprint density at radius 2 is 1.51 bits per heavy atom. The smallest absolute Gasteiger partial charge is 0.242 e. The number of hydrogen-bond donors (Lipinski definition) is 0. The molecule has 208 valence electrons. The number of carbonyl (C=O) groups excluding carboxylic acids is 2. The van der Waals surface area contributed by atoms with Crippen molar-refractivity contribution in [1.29, 1.82) is 0 Å². The monoisotopic (exact) mass is 527 g/mol. The van der Waals surface area contributed by atoms with Crippen molar-refractivity contribution in [3.05, 3.63) is 95.8 Å². The van der Waals surface area contributed by atoms with E-state index in [-0.39, 0.29) is 24.4 Å². The molecular weight excluding hydrogens is 482 g/mol. The Labute approximate surface area is 234 Å². The lowest BCUT2D eigenvalue weighted by Gasteiger charge is -2.36. The predicted octanol–water partition coefficient (Wildman–Crippen LogP) is 6.85. The minimum atomic E-state index is 0.0823. The van der Waals surface area contributed by atoms with Crippen molar-refractivity contribution in [2.24, 2.45) is 0 Å². The first-order valence-corrected chi connectivity index (χ1v) is 14.9. The molecule has 0 spiro atoms. The van der Waals surface area contributed by atoms with E-state index < -0.39 is 0 Å². The summed E-state index contributed by atoms with van der Waals surface area (Å²) in [6.45, 7) is 4.37. The zero-order valence-corrected chi connectivity index (χ0v) is 23.6. The molecule has 0 aliphatic heterocycles. The van der Waals surface area contributed by atoms with Gasteiger partial charge < -0.3 is 14.4 Å². The Kier molecular flexibility index (Phi) is 11.2. The summed E-state index contributed by atoms with van der Waals surface area (Å²) in [7, 11) is 0. The van der Waals surface area contributed by atoms with Crippen molar-refractivity contribution in [3.8, 4) is 0 Å². The van der Waals surface area contributed by atoms with Crippen LogP contribution in [0.25, 0.3) is 0 Å². The van der Waals surface area contributed by atoms with Crippen LogP contribution in [0.3, 0.4) is 0 Å². The molecule has 4 rings (SSSR count). The van der Waals surface area contributed by atoms with Gasteiger partial charge in [0.1, 0.15) is 0 Å². The van der Waals surface area contributed by atoms with Gasteiger partial charge in [0.2, 0.25) is 11.8 Å². The fraction of sp³-hybridized carbons (Fsp3) is 0.471. The molecule has 39 heavy (non-hydrogen) atoms. The quantitative estimate of drug-likeness (QED) is 0.215. The lowest BCUT2D eigenvalue weighted by Crippen LogP contribution is -2.47. The SMILES string of the molecule is CCCCCN(CC(=O)N(Cc1cccn1Cc1ccccc1)C1CCCCC1)C(=O)CCc1ccccc1. The van der Waals surface area contributed by atoms with Crippen molar-refractivity contribution in [3.63, 3.8) is 0 Å². The van der Waals surface area contributed by atoms with E-state index in [1.54, 1.807) is 0 Å². The first kappa shape index (κ1) is 28.7. The molecule has 1 aliphatic rings. The topological polar surface area (TPSA) is 45.6 Å². The van der Waals surface area contributed by atoms with Crippen LogP contribution in [0.2, 0.25) is 0 Å². The average molecular weight is 528 g/mol. The molecule has 1 heterocycles. The van der Waals surface area contributed by atoms with Crippen LogP contribution in [0.5, 0.6) is 0 Å². The molecule has 5 heteroatoms. The number of carbonyl (C=O) groups is 2. The van der Waals surface area contributed by atoms with Gasteiger partial charge in [-0.25, -0.2) is 0 Å². The van der Waals surface area contributed by atoms with Crippen LogP contribution in [-0.4, -0.2) is 45.3 Å². The van der Waals surface area contributed by atoms with Gasteiger partial charge in [-0.1, -0.05) is 99.7 Å². The molecule has 0 saturated heterocycles. The second-order valence-electron chi connectivity index (χ2n) is 10.9. The summed E-state index contributed by atoms with van der Waals surface area (Å²) in [6, 6.07) is 25.1. The molecule has 5 nitrogen and oxygen atoms in total. The largest absolute Gasteiger partial charge is 0.345 e. The standard InChI is InChI=1S/C34H45N3O2/c1-2-3-13-24-36(33(38)23-22-29-15-7-4-8-16-29)28-34(39)37(31-19-11-6-12-20-31)27-32-21-14-25-35(32)26-30-17-9-5-10-18-30/h4-5,7-10,14-18,21,25,31H,2-3,6,11-13,19-20,22-24,26-28H2,1H3. The van der Waals surface area contributed by atoms with Crippen LogP contribution in [0.1, 0.15) is 81.5 Å². The number of nitrogens with zero attached hydrogens (tertiary/aromatic N) is 3. The van der Waals surface area contributed by atoms with E-state index in [2.05, 4.69) is 71.1 Å². The molecule has 0 bridgehead atoms. The third-order valence-corrected chi connectivity index (χ3v) is 7.97. The van der Waals surface area contributed by atoms with E-state index in [9.17, 15) is 9.59 Å². The van der Waals surface area contributed by atoms with Gasteiger partial charge in [0, 0.05) is 37.4 Å². The minimum absolute atomic E-state index is 0.0823. The van der Waals surface area contributed by atoms with Crippen molar-refractivity contribution in [2.75, 3.05) is 13.1 Å². The summed E-state index contributed by atoms with van der Waals surface area (Å²) < 4.78 is 2.25. The lowest BCUT2D eigenvalue weighted by atomic mass is 9.94. The highest BCUT2D eigenvalue weighted by Crippen LogP contribution is 2.25. The van der Waals surface area contributed by atoms with Crippen LogP contribution < -0.4 is 0 Å². The number of benzene rings is 2. The van der Waals surface area contributed by atoms with Crippen molar-refractivity contribution >= 4 is 11.8 Å². The molecule has 0 radical (unpaired) electrons. The Morgan fingerprint density at radius 1 is 0.821 bits per heavy atom. The highest BCUT2D eigenvalue weighted by molar-refractivity contribution is 5.85. The zero-order chi connectivity index (χ0) is 27.3. The molecule has 1 fully saturated rings. The fourth-order valence-electron chi connectivity index (χ4n) is 5.67. The Balaban J connectivity index is 1.47. The molecule has 2 amide bonds. The normalized spacial score (nSPS) is 13.8. The maximum absolute atomic E-state index is 14.0. The summed E-state index contributed by atoms with van der Waals surface area (Å²) in [6.07, 6.45) is 12.0. The van der Waals surface area contributed by atoms with Gasteiger partial charge >= 0.3 is 0 Å². The number of rotatable bonds is 14. The summed E-state index contributed by atoms with van der Waals surface area (Å²) in [5.74, 6) is 0.165. The third kappa shape index (κ3) is 8.84. The molecule has 3 aromatic rings. The Morgan fingerprint density at radius 3 is 2.21 bits per heavy atom. The van der Waals surface area contributed by atoms with Gasteiger partial charge in [-0.2, -0.15) is 0 Å². The molecule has 1 saturated carbocycles. The Bertz CT molecular complexity index is 1140. The highest BCUT2D eigenvalue weighted by Gasteiger charge is 2.28. The third-order valence-electron chi connectivity index (χ3n) is 7.97. The second-order valence-corrected chi connectivity index (χ2v) is 10.9. The van der Waals surface area contributed by atoms with Crippen molar-refractivity contribution in [2.45, 2.75) is 90.3 Å². The molecule has 1 aliphatic carbocycles. The van der Waals surface area contributed by atoms with E-state index in [1.807, 2.05) is 29.2 Å². The summed E-state index contributed by atoms with van der Waals surface area (Å²) in [5, 5.41) is 0. The number of amides is 2. The lowest BCUT2D eigenvalue weighted by molar-refractivity contribution is -0.143. The van der Waals surface area contributed by atoms with E-state index in [1.165, 1.54) is 12.0 Å². The average Bonchev–Trinajstić information content (AvgIpc) is 3.42. The molecule has 0 atom stereocenters. The van der Waals surface area contributed by atoms with Gasteiger partial charge in [-0.3, -0.25) is 9.59 Å². The number of hydrogen-bond acceptors (Lipinski definition) is 2. The van der Waals surface area contributed by atoms with Crippen LogP contribution in [0, 0.1) is 0 Å². The van der Waals surface area contributed by atoms with Gasteiger partial charge in [-0.15, -0.1) is 0 Å². The van der Waals surface area contributed by atoms with Crippen LogP contribution in [-0.2, 0) is 29.1 Å². The van der Waals surface area contributed by atoms with E-state index in [4.69, 9.17) is 0 Å². The van der Waals surface area contributed by atoms with Crippen LogP contribution >= 0.6 is 0 Å². The van der Waals surface area contributed by atoms with Gasteiger partial charge in [0.25, 0.3) is 0 Å². The molecule has 0 unspecified atom stereocenters. The molecule has 1 aromatic heterocycles. The first-order chi connectivity index (χ1) is 19.1. The van der Waals surface area contributed by atoms with E-state index in [0.717, 1.165) is 62.7 Å². The molecular formula is C34H45N3O2. The number of unbranched alkanes of at least 4 members (excludes halogenated alkanes) is 2. The highest BCUT2D eigenvalue weighted by atomic mass is 16.2. The minimum Gasteiger partial charge on any atom is -0.345 e. The van der Waals surface area contributed by atoms with Crippen molar-refractivity contribution < 1.29 is 9.59 Å².